The minimum atomic E-state index is -0.453. The maximum Gasteiger partial charge on any atom is 0.237 e. The standard InChI is InChI=1S/C10H9Cl2N3O/c11-4-9-14-7-3-1-2-6(12)10(7)15(9)5-8(13)16/h1-3H,4-5H2,(H2,13,16). The van der Waals surface area contributed by atoms with Gasteiger partial charge in [0, 0.05) is 0 Å². The van der Waals surface area contributed by atoms with Gasteiger partial charge in [-0.15, -0.1) is 11.6 Å². The smallest absolute Gasteiger partial charge is 0.237 e. The molecule has 2 aromatic rings. The number of amides is 1. The quantitative estimate of drug-likeness (QED) is 0.855. The summed E-state index contributed by atoms with van der Waals surface area (Å²) in [4.78, 5) is 15.3. The Balaban J connectivity index is 2.70. The van der Waals surface area contributed by atoms with E-state index in [1.807, 2.05) is 6.07 Å². The van der Waals surface area contributed by atoms with Crippen molar-refractivity contribution in [3.63, 3.8) is 0 Å². The number of primary amides is 1. The third-order valence-corrected chi connectivity index (χ3v) is 2.77. The number of carbonyl (C=O) groups is 1. The topological polar surface area (TPSA) is 60.9 Å². The first-order valence-corrected chi connectivity index (χ1v) is 5.52. The second kappa shape index (κ2) is 4.31. The number of aromatic nitrogens is 2. The van der Waals surface area contributed by atoms with Gasteiger partial charge in [-0.05, 0) is 12.1 Å². The molecule has 16 heavy (non-hydrogen) atoms. The maximum absolute atomic E-state index is 11.0. The summed E-state index contributed by atoms with van der Waals surface area (Å²) in [6.45, 7) is 0.0300. The fourth-order valence-corrected chi connectivity index (χ4v) is 2.09. The van der Waals surface area contributed by atoms with Crippen molar-refractivity contribution in [3.8, 4) is 0 Å². The number of alkyl halides is 1. The number of para-hydroxylation sites is 1. The summed E-state index contributed by atoms with van der Waals surface area (Å²) >= 11 is 11.8. The van der Waals surface area contributed by atoms with E-state index in [1.54, 1.807) is 16.7 Å². The molecule has 0 aliphatic heterocycles. The van der Waals surface area contributed by atoms with Crippen molar-refractivity contribution in [2.24, 2.45) is 5.73 Å². The van der Waals surface area contributed by atoms with E-state index in [0.717, 1.165) is 0 Å². The van der Waals surface area contributed by atoms with Crippen LogP contribution in [0.25, 0.3) is 11.0 Å². The normalized spacial score (nSPS) is 10.9. The van der Waals surface area contributed by atoms with Crippen molar-refractivity contribution in [2.45, 2.75) is 12.4 Å². The minimum absolute atomic E-state index is 0.0300. The average Bonchev–Trinajstić information content (AvgIpc) is 2.57. The van der Waals surface area contributed by atoms with E-state index in [1.165, 1.54) is 0 Å². The number of benzene rings is 1. The molecular formula is C10H9Cl2N3O. The third-order valence-electron chi connectivity index (χ3n) is 2.23. The van der Waals surface area contributed by atoms with Crippen LogP contribution in [0.4, 0.5) is 0 Å². The Morgan fingerprint density at radius 2 is 2.25 bits per heavy atom. The molecule has 0 fully saturated rings. The Bertz CT molecular complexity index is 550. The predicted molar refractivity (Wildman–Crippen MR) is 63.5 cm³/mol. The molecule has 84 valence electrons. The molecule has 0 aliphatic carbocycles. The van der Waals surface area contributed by atoms with Crippen LogP contribution in [0.2, 0.25) is 5.02 Å². The molecule has 1 amide bonds. The van der Waals surface area contributed by atoms with Gasteiger partial charge in [-0.2, -0.15) is 0 Å². The average molecular weight is 258 g/mol. The molecule has 0 atom stereocenters. The van der Waals surface area contributed by atoms with Crippen LogP contribution >= 0.6 is 23.2 Å². The third kappa shape index (κ3) is 1.86. The zero-order valence-electron chi connectivity index (χ0n) is 8.28. The molecule has 1 heterocycles. The van der Waals surface area contributed by atoms with E-state index >= 15 is 0 Å². The molecule has 2 rings (SSSR count). The van der Waals surface area contributed by atoms with E-state index in [4.69, 9.17) is 28.9 Å². The fourth-order valence-electron chi connectivity index (χ4n) is 1.62. The number of hydrogen-bond donors (Lipinski definition) is 1. The van der Waals surface area contributed by atoms with Crippen molar-refractivity contribution in [3.05, 3.63) is 29.0 Å². The summed E-state index contributed by atoms with van der Waals surface area (Å²) < 4.78 is 1.65. The van der Waals surface area contributed by atoms with Gasteiger partial charge in [-0.1, -0.05) is 17.7 Å². The lowest BCUT2D eigenvalue weighted by molar-refractivity contribution is -0.118. The Morgan fingerprint density at radius 3 is 2.88 bits per heavy atom. The van der Waals surface area contributed by atoms with Gasteiger partial charge in [-0.25, -0.2) is 4.98 Å². The van der Waals surface area contributed by atoms with Gasteiger partial charge < -0.3 is 10.3 Å². The van der Waals surface area contributed by atoms with Crippen LogP contribution in [0.1, 0.15) is 5.82 Å². The Labute approximate surface area is 102 Å². The van der Waals surface area contributed by atoms with Crippen molar-refractivity contribution in [1.82, 2.24) is 9.55 Å². The number of rotatable bonds is 3. The summed E-state index contributed by atoms with van der Waals surface area (Å²) in [6, 6.07) is 5.35. The van der Waals surface area contributed by atoms with Gasteiger partial charge in [0.25, 0.3) is 0 Å². The van der Waals surface area contributed by atoms with E-state index in [2.05, 4.69) is 4.98 Å². The van der Waals surface area contributed by atoms with Gasteiger partial charge in [0.2, 0.25) is 5.91 Å². The summed E-state index contributed by atoms with van der Waals surface area (Å²) in [7, 11) is 0. The van der Waals surface area contributed by atoms with Crippen LogP contribution in [-0.2, 0) is 17.2 Å². The Hall–Kier alpha value is -1.26. The van der Waals surface area contributed by atoms with E-state index < -0.39 is 5.91 Å². The Kier molecular flexibility index (Phi) is 3.03. The number of halogens is 2. The summed E-state index contributed by atoms with van der Waals surface area (Å²) in [5.74, 6) is 0.340. The lowest BCUT2D eigenvalue weighted by atomic mass is 10.3. The first kappa shape index (κ1) is 11.2. The number of hydrogen-bond acceptors (Lipinski definition) is 2. The van der Waals surface area contributed by atoms with Gasteiger partial charge >= 0.3 is 0 Å². The van der Waals surface area contributed by atoms with Gasteiger partial charge in [0.15, 0.2) is 0 Å². The monoisotopic (exact) mass is 257 g/mol. The molecule has 0 unspecified atom stereocenters. The summed E-state index contributed by atoms with van der Waals surface area (Å²) in [5, 5.41) is 0.530. The highest BCUT2D eigenvalue weighted by atomic mass is 35.5. The van der Waals surface area contributed by atoms with Crippen molar-refractivity contribution in [2.75, 3.05) is 0 Å². The molecule has 0 spiro atoms. The molecule has 1 aromatic carbocycles. The number of nitrogens with two attached hydrogens (primary N) is 1. The fraction of sp³-hybridized carbons (Fsp3) is 0.200. The van der Waals surface area contributed by atoms with Crippen LogP contribution in [0.15, 0.2) is 18.2 Å². The zero-order valence-corrected chi connectivity index (χ0v) is 9.79. The van der Waals surface area contributed by atoms with Crippen LogP contribution in [0, 0.1) is 0 Å². The molecule has 0 saturated heterocycles. The molecular weight excluding hydrogens is 249 g/mol. The molecule has 1 aromatic heterocycles. The molecule has 0 saturated carbocycles. The largest absolute Gasteiger partial charge is 0.368 e. The number of fused-ring (bicyclic) bond motifs is 1. The maximum atomic E-state index is 11.0. The first-order valence-electron chi connectivity index (χ1n) is 4.61. The lowest BCUT2D eigenvalue weighted by Gasteiger charge is -2.05. The van der Waals surface area contributed by atoms with Crippen LogP contribution in [-0.4, -0.2) is 15.5 Å². The highest BCUT2D eigenvalue weighted by Crippen LogP contribution is 2.25. The predicted octanol–water partition coefficient (Wildman–Crippen LogP) is 1.91. The van der Waals surface area contributed by atoms with E-state index in [-0.39, 0.29) is 12.4 Å². The highest BCUT2D eigenvalue weighted by Gasteiger charge is 2.13. The van der Waals surface area contributed by atoms with Crippen molar-refractivity contribution < 1.29 is 4.79 Å². The molecule has 0 aliphatic rings. The zero-order chi connectivity index (χ0) is 11.7. The number of nitrogens with zero attached hydrogens (tertiary/aromatic N) is 2. The lowest BCUT2D eigenvalue weighted by Crippen LogP contribution is -2.19. The number of imidazole rings is 1. The first-order chi connectivity index (χ1) is 7.63. The SMILES string of the molecule is NC(=O)Cn1c(CCl)nc2cccc(Cl)c21. The molecule has 6 heteroatoms. The van der Waals surface area contributed by atoms with E-state index in [9.17, 15) is 4.79 Å². The van der Waals surface area contributed by atoms with Crippen LogP contribution in [0.3, 0.4) is 0 Å². The van der Waals surface area contributed by atoms with Crippen molar-refractivity contribution >= 4 is 40.1 Å². The van der Waals surface area contributed by atoms with Crippen LogP contribution < -0.4 is 5.73 Å². The second-order valence-corrected chi connectivity index (χ2v) is 4.00. The Morgan fingerprint density at radius 1 is 1.50 bits per heavy atom. The summed E-state index contributed by atoms with van der Waals surface area (Å²) in [5.41, 5.74) is 6.58. The van der Waals surface area contributed by atoms with Crippen molar-refractivity contribution in [1.29, 1.82) is 0 Å². The summed E-state index contributed by atoms with van der Waals surface area (Å²) in [6.07, 6.45) is 0. The molecule has 2 N–H and O–H groups in total. The highest BCUT2D eigenvalue weighted by molar-refractivity contribution is 6.35. The molecule has 0 radical (unpaired) electrons. The second-order valence-electron chi connectivity index (χ2n) is 3.32. The van der Waals surface area contributed by atoms with Gasteiger partial charge in [0.05, 0.1) is 21.9 Å². The van der Waals surface area contributed by atoms with Gasteiger partial charge in [-0.3, -0.25) is 4.79 Å². The number of carbonyl (C=O) groups excluding carboxylic acids is 1. The van der Waals surface area contributed by atoms with E-state index in [0.29, 0.717) is 21.9 Å². The van der Waals surface area contributed by atoms with Gasteiger partial charge in [0.1, 0.15) is 12.4 Å². The van der Waals surface area contributed by atoms with Crippen LogP contribution in [0.5, 0.6) is 0 Å². The molecule has 0 bridgehead atoms. The minimum Gasteiger partial charge on any atom is -0.368 e. The molecule has 4 nitrogen and oxygen atoms in total.